The van der Waals surface area contributed by atoms with Gasteiger partial charge in [0.1, 0.15) is 0 Å². The molecule has 0 saturated heterocycles. The molecule has 0 radical (unpaired) electrons. The van der Waals surface area contributed by atoms with E-state index in [2.05, 4.69) is 4.74 Å². The average molecular weight is 178 g/mol. The molecule has 0 amide bonds. The van der Waals surface area contributed by atoms with Gasteiger partial charge in [0.05, 0.1) is 7.11 Å². The number of esters is 1. The molecule has 0 aromatic heterocycles. The predicted octanol–water partition coefficient (Wildman–Crippen LogP) is 0.861. The summed E-state index contributed by atoms with van der Waals surface area (Å²) in [5.74, 6) is -0.195. The third kappa shape index (κ3) is 1.20. The Kier molecular flexibility index (Phi) is 1.79. The SMILES string of the molecule is COC(=O)/C=C1/C(=O)[C@H]2C=C[C@@H]1C2. The minimum Gasteiger partial charge on any atom is -0.466 e. The molecule has 13 heavy (non-hydrogen) atoms. The van der Waals surface area contributed by atoms with Crippen LogP contribution in [0.25, 0.3) is 0 Å². The lowest BCUT2D eigenvalue weighted by Crippen LogP contribution is -2.10. The maximum Gasteiger partial charge on any atom is 0.330 e. The monoisotopic (exact) mass is 178 g/mol. The Balaban J connectivity index is 2.26. The summed E-state index contributed by atoms with van der Waals surface area (Å²) in [5, 5.41) is 0. The molecular formula is C10H10O3. The molecule has 2 atom stereocenters. The smallest absolute Gasteiger partial charge is 0.330 e. The maximum atomic E-state index is 11.5. The summed E-state index contributed by atoms with van der Waals surface area (Å²) in [4.78, 5) is 22.4. The van der Waals surface area contributed by atoms with Crippen LogP contribution in [0.4, 0.5) is 0 Å². The van der Waals surface area contributed by atoms with Crippen LogP contribution in [0.1, 0.15) is 6.42 Å². The second-order valence-corrected chi connectivity index (χ2v) is 3.32. The molecule has 2 bridgehead atoms. The Hall–Kier alpha value is -1.38. The molecule has 0 unspecified atom stereocenters. The zero-order valence-corrected chi connectivity index (χ0v) is 7.32. The number of carbonyl (C=O) groups excluding carboxylic acids is 2. The normalized spacial score (nSPS) is 33.0. The van der Waals surface area contributed by atoms with E-state index in [-0.39, 0.29) is 17.6 Å². The van der Waals surface area contributed by atoms with Crippen LogP contribution in [0.3, 0.4) is 0 Å². The molecule has 2 rings (SSSR count). The van der Waals surface area contributed by atoms with Crippen molar-refractivity contribution in [2.45, 2.75) is 6.42 Å². The molecule has 2 aliphatic rings. The first-order valence-electron chi connectivity index (χ1n) is 4.24. The summed E-state index contributed by atoms with van der Waals surface area (Å²) < 4.78 is 4.48. The highest BCUT2D eigenvalue weighted by atomic mass is 16.5. The zero-order valence-electron chi connectivity index (χ0n) is 7.32. The van der Waals surface area contributed by atoms with E-state index in [1.165, 1.54) is 13.2 Å². The molecule has 1 fully saturated rings. The molecule has 0 heterocycles. The summed E-state index contributed by atoms with van der Waals surface area (Å²) in [5.41, 5.74) is 0.611. The number of carbonyl (C=O) groups is 2. The standard InChI is InChI=1S/C10H10O3/c1-13-9(11)5-8-6-2-3-7(4-6)10(8)12/h2-3,5-7H,4H2,1H3/b8-5+/t6-,7+/m1/s1. The number of hydrogen-bond donors (Lipinski definition) is 0. The van der Waals surface area contributed by atoms with Crippen LogP contribution >= 0.6 is 0 Å². The number of allylic oxidation sites excluding steroid dienone is 3. The minimum absolute atomic E-state index is 0.0147. The fourth-order valence-electron chi connectivity index (χ4n) is 1.88. The number of fused-ring (bicyclic) bond motifs is 2. The van der Waals surface area contributed by atoms with Gasteiger partial charge in [0.15, 0.2) is 5.78 Å². The van der Waals surface area contributed by atoms with Crippen molar-refractivity contribution in [3.05, 3.63) is 23.8 Å². The Morgan fingerprint density at radius 1 is 1.54 bits per heavy atom. The second-order valence-electron chi connectivity index (χ2n) is 3.32. The predicted molar refractivity (Wildman–Crippen MR) is 45.8 cm³/mol. The van der Waals surface area contributed by atoms with Gasteiger partial charge in [0.2, 0.25) is 0 Å². The average Bonchev–Trinajstić information content (AvgIpc) is 2.69. The number of ketones is 1. The first-order chi connectivity index (χ1) is 6.22. The van der Waals surface area contributed by atoms with Crippen molar-refractivity contribution < 1.29 is 14.3 Å². The highest BCUT2D eigenvalue weighted by Crippen LogP contribution is 2.40. The Bertz CT molecular complexity index is 325. The Morgan fingerprint density at radius 3 is 2.77 bits per heavy atom. The van der Waals surface area contributed by atoms with Crippen molar-refractivity contribution in [1.82, 2.24) is 0 Å². The van der Waals surface area contributed by atoms with E-state index in [4.69, 9.17) is 0 Å². The third-order valence-corrected chi connectivity index (χ3v) is 2.58. The molecule has 0 aromatic carbocycles. The van der Waals surface area contributed by atoms with Gasteiger partial charge in [-0.2, -0.15) is 0 Å². The number of Topliss-reactive ketones (excluding diaryl/α,β-unsaturated/α-hetero) is 1. The first-order valence-corrected chi connectivity index (χ1v) is 4.24. The van der Waals surface area contributed by atoms with E-state index in [1.807, 2.05) is 12.2 Å². The van der Waals surface area contributed by atoms with Crippen molar-refractivity contribution in [3.63, 3.8) is 0 Å². The van der Waals surface area contributed by atoms with Crippen LogP contribution in [0.5, 0.6) is 0 Å². The lowest BCUT2D eigenvalue weighted by Gasteiger charge is -2.05. The fraction of sp³-hybridized carbons (Fsp3) is 0.400. The third-order valence-electron chi connectivity index (χ3n) is 2.58. The molecular weight excluding hydrogens is 168 g/mol. The maximum absolute atomic E-state index is 11.5. The number of ether oxygens (including phenoxy) is 1. The Labute approximate surface area is 76.1 Å². The highest BCUT2D eigenvalue weighted by molar-refractivity contribution is 6.06. The summed E-state index contributed by atoms with van der Waals surface area (Å²) in [6.45, 7) is 0. The van der Waals surface area contributed by atoms with Crippen LogP contribution in [0, 0.1) is 11.8 Å². The molecule has 68 valence electrons. The molecule has 2 aliphatic carbocycles. The summed E-state index contributed by atoms with van der Waals surface area (Å²) in [7, 11) is 1.31. The van der Waals surface area contributed by atoms with Crippen molar-refractivity contribution in [1.29, 1.82) is 0 Å². The van der Waals surface area contributed by atoms with Crippen molar-refractivity contribution in [3.8, 4) is 0 Å². The van der Waals surface area contributed by atoms with Gasteiger partial charge in [-0.1, -0.05) is 12.2 Å². The number of methoxy groups -OCH3 is 1. The van der Waals surface area contributed by atoms with Gasteiger partial charge in [0, 0.05) is 23.5 Å². The van der Waals surface area contributed by atoms with Crippen LogP contribution in [0.2, 0.25) is 0 Å². The van der Waals surface area contributed by atoms with Gasteiger partial charge in [0.25, 0.3) is 0 Å². The van der Waals surface area contributed by atoms with Crippen molar-refractivity contribution in [2.75, 3.05) is 7.11 Å². The Morgan fingerprint density at radius 2 is 2.23 bits per heavy atom. The quantitative estimate of drug-likeness (QED) is 0.340. The zero-order chi connectivity index (χ0) is 9.42. The lowest BCUT2D eigenvalue weighted by molar-refractivity contribution is -0.135. The van der Waals surface area contributed by atoms with E-state index < -0.39 is 5.97 Å². The van der Waals surface area contributed by atoms with Crippen molar-refractivity contribution in [2.24, 2.45) is 11.8 Å². The summed E-state index contributed by atoms with van der Waals surface area (Å²) in [6, 6.07) is 0. The molecule has 0 aliphatic heterocycles. The summed E-state index contributed by atoms with van der Waals surface area (Å²) in [6.07, 6.45) is 6.06. The number of hydrogen-bond acceptors (Lipinski definition) is 3. The minimum atomic E-state index is -0.440. The largest absolute Gasteiger partial charge is 0.466 e. The fourth-order valence-corrected chi connectivity index (χ4v) is 1.88. The molecule has 3 nitrogen and oxygen atoms in total. The first kappa shape index (κ1) is 8.23. The van der Waals surface area contributed by atoms with Crippen LogP contribution < -0.4 is 0 Å². The molecule has 0 spiro atoms. The van der Waals surface area contributed by atoms with Gasteiger partial charge in [-0.25, -0.2) is 4.79 Å². The van der Waals surface area contributed by atoms with Crippen LogP contribution in [0.15, 0.2) is 23.8 Å². The van der Waals surface area contributed by atoms with Gasteiger partial charge >= 0.3 is 5.97 Å². The van der Waals surface area contributed by atoms with E-state index in [0.717, 1.165) is 6.42 Å². The molecule has 1 saturated carbocycles. The summed E-state index contributed by atoms with van der Waals surface area (Å²) >= 11 is 0. The van der Waals surface area contributed by atoms with E-state index in [1.54, 1.807) is 0 Å². The van der Waals surface area contributed by atoms with E-state index in [0.29, 0.717) is 5.57 Å². The molecule has 0 N–H and O–H groups in total. The van der Waals surface area contributed by atoms with Gasteiger partial charge < -0.3 is 4.74 Å². The van der Waals surface area contributed by atoms with Crippen LogP contribution in [-0.4, -0.2) is 18.9 Å². The van der Waals surface area contributed by atoms with Crippen molar-refractivity contribution >= 4 is 11.8 Å². The lowest BCUT2D eigenvalue weighted by atomic mass is 9.99. The number of rotatable bonds is 1. The highest BCUT2D eigenvalue weighted by Gasteiger charge is 2.39. The van der Waals surface area contributed by atoms with Gasteiger partial charge in [-0.3, -0.25) is 4.79 Å². The second kappa shape index (κ2) is 2.83. The van der Waals surface area contributed by atoms with E-state index >= 15 is 0 Å². The van der Waals surface area contributed by atoms with Gasteiger partial charge in [-0.15, -0.1) is 0 Å². The molecule has 0 aromatic rings. The molecule has 3 heteroatoms. The topological polar surface area (TPSA) is 43.4 Å². The van der Waals surface area contributed by atoms with Gasteiger partial charge in [-0.05, 0) is 6.42 Å². The van der Waals surface area contributed by atoms with Crippen LogP contribution in [-0.2, 0) is 14.3 Å². The van der Waals surface area contributed by atoms with E-state index in [9.17, 15) is 9.59 Å².